The zero-order valence-electron chi connectivity index (χ0n) is 10.3. The Morgan fingerprint density at radius 2 is 2.30 bits per heavy atom. The molecule has 1 aliphatic rings. The highest BCUT2D eigenvalue weighted by atomic mass is 32.2. The van der Waals surface area contributed by atoms with Gasteiger partial charge in [0.05, 0.1) is 6.04 Å². The molecule has 1 N–H and O–H groups in total. The third-order valence-corrected chi connectivity index (χ3v) is 3.61. The van der Waals surface area contributed by atoms with Crippen molar-refractivity contribution in [1.29, 1.82) is 0 Å². The van der Waals surface area contributed by atoms with Crippen molar-refractivity contribution >= 4 is 11.8 Å². The fourth-order valence-corrected chi connectivity index (χ4v) is 2.46. The van der Waals surface area contributed by atoms with Gasteiger partial charge in [0.2, 0.25) is 5.89 Å². The Labute approximate surface area is 116 Å². The first kappa shape index (κ1) is 15.5. The normalized spacial score (nSPS) is 20.6. The molecule has 10 heteroatoms. The highest BCUT2D eigenvalue weighted by Crippen LogP contribution is 2.23. The van der Waals surface area contributed by atoms with E-state index in [1.54, 1.807) is 11.8 Å². The summed E-state index contributed by atoms with van der Waals surface area (Å²) in [4.78, 5) is 3.99. The fraction of sp³-hybridized carbons (Fsp3) is 0.800. The predicted octanol–water partition coefficient (Wildman–Crippen LogP) is 1.86. The zero-order valence-corrected chi connectivity index (χ0v) is 11.1. The number of ether oxygens (including phenoxy) is 1. The molecule has 1 aliphatic heterocycles. The van der Waals surface area contributed by atoms with Crippen molar-refractivity contribution in [3.05, 3.63) is 11.7 Å². The molecule has 1 atom stereocenters. The van der Waals surface area contributed by atoms with E-state index in [1.807, 2.05) is 0 Å². The minimum atomic E-state index is -4.17. The lowest BCUT2D eigenvalue weighted by Gasteiger charge is -2.19. The van der Waals surface area contributed by atoms with Crippen LogP contribution in [0.25, 0.3) is 0 Å². The van der Waals surface area contributed by atoms with Crippen LogP contribution >= 0.6 is 11.8 Å². The van der Waals surface area contributed by atoms with Crippen LogP contribution in [0.4, 0.5) is 17.6 Å². The SMILES string of the molecule is FC(F)C(F)(F)COCc1noc(C2CSCCN2)n1. The summed E-state index contributed by atoms with van der Waals surface area (Å²) in [5, 5.41) is 6.73. The number of nitrogens with one attached hydrogen (secondary N) is 1. The van der Waals surface area contributed by atoms with Crippen LogP contribution in [0.2, 0.25) is 0 Å². The average Bonchev–Trinajstić information content (AvgIpc) is 2.88. The average molecular weight is 315 g/mol. The van der Waals surface area contributed by atoms with Gasteiger partial charge in [-0.05, 0) is 0 Å². The third-order valence-electron chi connectivity index (χ3n) is 2.55. The number of thioether (sulfide) groups is 1. The number of nitrogens with zero attached hydrogens (tertiary/aromatic N) is 2. The third kappa shape index (κ3) is 4.06. The van der Waals surface area contributed by atoms with E-state index in [-0.39, 0.29) is 11.9 Å². The molecule has 0 aliphatic carbocycles. The highest BCUT2D eigenvalue weighted by molar-refractivity contribution is 7.99. The highest BCUT2D eigenvalue weighted by Gasteiger charge is 2.41. The number of halogens is 4. The first-order valence-corrected chi connectivity index (χ1v) is 7.02. The molecule has 2 heterocycles. The second-order valence-corrected chi connectivity index (χ2v) is 5.33. The predicted molar refractivity (Wildman–Crippen MR) is 63.0 cm³/mol. The molecule has 1 unspecified atom stereocenters. The summed E-state index contributed by atoms with van der Waals surface area (Å²) in [5.74, 6) is -2.01. The van der Waals surface area contributed by atoms with E-state index >= 15 is 0 Å². The van der Waals surface area contributed by atoms with Gasteiger partial charge >= 0.3 is 12.3 Å². The number of aromatic nitrogens is 2. The van der Waals surface area contributed by atoms with Crippen LogP contribution in [0.3, 0.4) is 0 Å². The first-order chi connectivity index (χ1) is 9.49. The Bertz CT molecular complexity index is 426. The molecule has 0 radical (unpaired) electrons. The Morgan fingerprint density at radius 1 is 1.50 bits per heavy atom. The van der Waals surface area contributed by atoms with Gasteiger partial charge in [-0.25, -0.2) is 8.78 Å². The van der Waals surface area contributed by atoms with E-state index in [1.165, 1.54) is 0 Å². The summed E-state index contributed by atoms with van der Waals surface area (Å²) in [5.41, 5.74) is 0. The molecule has 5 nitrogen and oxygen atoms in total. The van der Waals surface area contributed by atoms with Crippen LogP contribution in [0.15, 0.2) is 4.52 Å². The Morgan fingerprint density at radius 3 is 2.95 bits per heavy atom. The Kier molecular flexibility index (Phi) is 5.22. The quantitative estimate of drug-likeness (QED) is 0.809. The van der Waals surface area contributed by atoms with E-state index in [9.17, 15) is 17.6 Å². The maximum atomic E-state index is 12.6. The smallest absolute Gasteiger partial charge is 0.330 e. The molecule has 2 rings (SSSR count). The molecule has 1 aromatic rings. The topological polar surface area (TPSA) is 60.2 Å². The maximum Gasteiger partial charge on any atom is 0.330 e. The van der Waals surface area contributed by atoms with Crippen LogP contribution in [0, 0.1) is 0 Å². The number of rotatable bonds is 6. The van der Waals surface area contributed by atoms with Gasteiger partial charge in [-0.2, -0.15) is 25.5 Å². The standard InChI is InChI=1S/C10H13F4N3O2S/c11-9(12)10(13,14)5-18-3-7-16-8(19-17-7)6-4-20-2-1-15-6/h6,9,15H,1-5H2. The van der Waals surface area contributed by atoms with Crippen LogP contribution in [0.5, 0.6) is 0 Å². The van der Waals surface area contributed by atoms with Gasteiger partial charge in [-0.3, -0.25) is 0 Å². The molecule has 1 aromatic heterocycles. The number of hydrogen-bond acceptors (Lipinski definition) is 6. The van der Waals surface area contributed by atoms with Crippen LogP contribution < -0.4 is 5.32 Å². The monoisotopic (exact) mass is 315 g/mol. The zero-order chi connectivity index (χ0) is 14.6. The lowest BCUT2D eigenvalue weighted by molar-refractivity contribution is -0.168. The molecule has 20 heavy (non-hydrogen) atoms. The summed E-state index contributed by atoms with van der Waals surface area (Å²) in [7, 11) is 0. The van der Waals surface area contributed by atoms with Crippen molar-refractivity contribution in [3.8, 4) is 0 Å². The van der Waals surface area contributed by atoms with Gasteiger partial charge in [0.15, 0.2) is 5.82 Å². The fourth-order valence-electron chi connectivity index (χ4n) is 1.53. The molecular weight excluding hydrogens is 302 g/mol. The minimum Gasteiger partial charge on any atom is -0.367 e. The van der Waals surface area contributed by atoms with Crippen LogP contribution in [0.1, 0.15) is 17.8 Å². The van der Waals surface area contributed by atoms with E-state index in [4.69, 9.17) is 4.52 Å². The van der Waals surface area contributed by atoms with Gasteiger partial charge in [-0.1, -0.05) is 5.16 Å². The summed E-state index contributed by atoms with van der Waals surface area (Å²) < 4.78 is 58.5. The second kappa shape index (κ2) is 6.72. The summed E-state index contributed by atoms with van der Waals surface area (Å²) in [6.07, 6.45) is -3.76. The maximum absolute atomic E-state index is 12.6. The van der Waals surface area contributed by atoms with Gasteiger partial charge in [-0.15, -0.1) is 0 Å². The van der Waals surface area contributed by atoms with Crippen molar-refractivity contribution in [2.45, 2.75) is 25.0 Å². The first-order valence-electron chi connectivity index (χ1n) is 5.86. The van der Waals surface area contributed by atoms with Crippen LogP contribution in [-0.2, 0) is 11.3 Å². The van der Waals surface area contributed by atoms with E-state index < -0.39 is 25.6 Å². The Hall–Kier alpha value is -0.870. The van der Waals surface area contributed by atoms with E-state index in [0.29, 0.717) is 5.89 Å². The van der Waals surface area contributed by atoms with E-state index in [2.05, 4.69) is 20.2 Å². The molecule has 0 aromatic carbocycles. The van der Waals surface area contributed by atoms with Gasteiger partial charge in [0.25, 0.3) is 0 Å². The number of alkyl halides is 4. The van der Waals surface area contributed by atoms with Crippen molar-refractivity contribution in [2.75, 3.05) is 24.7 Å². The molecule has 0 spiro atoms. The molecule has 0 amide bonds. The molecule has 114 valence electrons. The lowest BCUT2D eigenvalue weighted by atomic mass is 10.3. The van der Waals surface area contributed by atoms with Gasteiger partial charge in [0.1, 0.15) is 13.2 Å². The Balaban J connectivity index is 1.81. The molecule has 0 bridgehead atoms. The van der Waals surface area contributed by atoms with E-state index in [0.717, 1.165) is 18.1 Å². The van der Waals surface area contributed by atoms with Crippen molar-refractivity contribution in [2.24, 2.45) is 0 Å². The molecule has 1 saturated heterocycles. The molecule has 0 saturated carbocycles. The van der Waals surface area contributed by atoms with Crippen molar-refractivity contribution < 1.29 is 26.8 Å². The van der Waals surface area contributed by atoms with Crippen molar-refractivity contribution in [3.63, 3.8) is 0 Å². The van der Waals surface area contributed by atoms with Gasteiger partial charge in [0, 0.05) is 18.1 Å². The van der Waals surface area contributed by atoms with Gasteiger partial charge < -0.3 is 14.6 Å². The van der Waals surface area contributed by atoms with Crippen LogP contribution in [-0.4, -0.2) is 47.1 Å². The summed E-state index contributed by atoms with van der Waals surface area (Å²) >= 11 is 1.73. The molecule has 1 fully saturated rings. The second-order valence-electron chi connectivity index (χ2n) is 4.18. The summed E-state index contributed by atoms with van der Waals surface area (Å²) in [6.45, 7) is -0.970. The molecular formula is C10H13F4N3O2S. The summed E-state index contributed by atoms with van der Waals surface area (Å²) in [6, 6.07) is -0.0856. The number of hydrogen-bond donors (Lipinski definition) is 1. The largest absolute Gasteiger partial charge is 0.367 e. The lowest BCUT2D eigenvalue weighted by Crippen LogP contribution is -2.32. The van der Waals surface area contributed by atoms with Crippen molar-refractivity contribution in [1.82, 2.24) is 15.5 Å². The minimum absolute atomic E-state index is 0.0578.